The van der Waals surface area contributed by atoms with E-state index in [2.05, 4.69) is 5.32 Å². The van der Waals surface area contributed by atoms with Crippen molar-refractivity contribution >= 4 is 50.7 Å². The topological polar surface area (TPSA) is 105 Å². The van der Waals surface area contributed by atoms with Gasteiger partial charge in [-0.15, -0.1) is 0 Å². The number of nitrogens with zero attached hydrogens (tertiary/aromatic N) is 2. The maximum Gasteiger partial charge on any atom is 0.244 e. The Balaban J connectivity index is 2.49. The number of rotatable bonds is 14. The van der Waals surface area contributed by atoms with E-state index in [4.69, 9.17) is 32.7 Å². The van der Waals surface area contributed by atoms with Crippen LogP contribution in [-0.2, 0) is 26.2 Å². The lowest BCUT2D eigenvalue weighted by molar-refractivity contribution is -0.140. The fourth-order valence-electron chi connectivity index (χ4n) is 3.85. The lowest BCUT2D eigenvalue weighted by Gasteiger charge is -2.33. The smallest absolute Gasteiger partial charge is 0.244 e. The zero-order valence-electron chi connectivity index (χ0n) is 22.3. The summed E-state index contributed by atoms with van der Waals surface area (Å²) in [6.07, 6.45) is 3.01. The molecular weight excluding hydrogens is 553 g/mol. The number of hydrogen-bond donors (Lipinski definition) is 1. The monoisotopic (exact) mass is 587 g/mol. The third kappa shape index (κ3) is 8.41. The molecule has 0 bridgehead atoms. The van der Waals surface area contributed by atoms with Crippen molar-refractivity contribution in [3.8, 4) is 11.5 Å². The number of carbonyl (C=O) groups is 2. The van der Waals surface area contributed by atoms with Crippen LogP contribution in [0.15, 0.2) is 36.4 Å². The van der Waals surface area contributed by atoms with Crippen LogP contribution in [0.3, 0.4) is 0 Å². The van der Waals surface area contributed by atoms with Crippen molar-refractivity contribution in [1.82, 2.24) is 10.2 Å². The van der Waals surface area contributed by atoms with Gasteiger partial charge in [-0.1, -0.05) is 49.5 Å². The molecule has 0 saturated heterocycles. The van der Waals surface area contributed by atoms with Crippen molar-refractivity contribution < 1.29 is 27.5 Å². The SMILES string of the molecule is CCCCNC(=O)[C@@H](CC)N(Cc1ccc(Cl)cc1Cl)C(=O)CN(c1ccc(OC)c(OC)c1)S(C)(=O)=O. The summed E-state index contributed by atoms with van der Waals surface area (Å²) in [5.41, 5.74) is 0.782. The van der Waals surface area contributed by atoms with E-state index in [0.29, 0.717) is 40.1 Å². The second-order valence-electron chi connectivity index (χ2n) is 8.63. The van der Waals surface area contributed by atoms with E-state index in [-0.39, 0.29) is 18.1 Å². The highest BCUT2D eigenvalue weighted by molar-refractivity contribution is 7.92. The molecule has 0 aliphatic rings. The fraction of sp³-hybridized carbons (Fsp3) is 0.462. The number of anilines is 1. The first kappa shape index (κ1) is 31.5. The Kier molecular flexibility index (Phi) is 12.0. The van der Waals surface area contributed by atoms with Crippen LogP contribution < -0.4 is 19.1 Å². The molecule has 0 aliphatic heterocycles. The highest BCUT2D eigenvalue weighted by Gasteiger charge is 2.32. The Hall–Kier alpha value is -2.69. The van der Waals surface area contributed by atoms with Crippen molar-refractivity contribution in [3.63, 3.8) is 0 Å². The van der Waals surface area contributed by atoms with E-state index in [1.54, 1.807) is 31.2 Å². The molecule has 0 radical (unpaired) electrons. The van der Waals surface area contributed by atoms with Crippen LogP contribution in [0.25, 0.3) is 0 Å². The molecule has 0 saturated carbocycles. The molecule has 0 heterocycles. The average Bonchev–Trinajstić information content (AvgIpc) is 2.87. The van der Waals surface area contributed by atoms with Gasteiger partial charge < -0.3 is 19.7 Å². The molecule has 2 rings (SSSR count). The van der Waals surface area contributed by atoms with Crippen LogP contribution in [0.4, 0.5) is 5.69 Å². The molecule has 38 heavy (non-hydrogen) atoms. The minimum absolute atomic E-state index is 0.0158. The summed E-state index contributed by atoms with van der Waals surface area (Å²) in [4.78, 5) is 28.2. The molecule has 2 amide bonds. The molecule has 12 heteroatoms. The number of nitrogens with one attached hydrogen (secondary N) is 1. The number of sulfonamides is 1. The highest BCUT2D eigenvalue weighted by Crippen LogP contribution is 2.32. The van der Waals surface area contributed by atoms with Crippen LogP contribution in [0.5, 0.6) is 11.5 Å². The first-order chi connectivity index (χ1) is 18.0. The number of unbranched alkanes of at least 4 members (excludes halogenated alkanes) is 1. The maximum absolute atomic E-state index is 13.8. The predicted octanol–water partition coefficient (Wildman–Crippen LogP) is 4.50. The molecule has 1 N–H and O–H groups in total. The molecule has 0 spiro atoms. The van der Waals surface area contributed by atoms with Gasteiger partial charge in [-0.25, -0.2) is 8.42 Å². The number of hydrogen-bond acceptors (Lipinski definition) is 6. The van der Waals surface area contributed by atoms with E-state index < -0.39 is 28.5 Å². The van der Waals surface area contributed by atoms with E-state index in [1.165, 1.54) is 31.3 Å². The summed E-state index contributed by atoms with van der Waals surface area (Å²) in [5, 5.41) is 3.63. The number of carbonyl (C=O) groups excluding carboxylic acids is 2. The maximum atomic E-state index is 13.8. The van der Waals surface area contributed by atoms with Crippen LogP contribution in [0.2, 0.25) is 10.0 Å². The Morgan fingerprint density at radius 2 is 1.71 bits per heavy atom. The van der Waals surface area contributed by atoms with Gasteiger partial charge in [-0.05, 0) is 42.7 Å². The number of ether oxygens (including phenoxy) is 2. The Labute approximate surface area is 235 Å². The molecular formula is C26H35Cl2N3O6S. The van der Waals surface area contributed by atoms with Crippen molar-refractivity contribution in [2.45, 2.75) is 45.7 Å². The summed E-state index contributed by atoms with van der Waals surface area (Å²) >= 11 is 12.4. The quantitative estimate of drug-likeness (QED) is 0.326. The molecule has 1 atom stereocenters. The molecule has 210 valence electrons. The summed E-state index contributed by atoms with van der Waals surface area (Å²) < 4.78 is 37.1. The standard InChI is InChI=1S/C26H35Cl2N3O6S/c1-6-8-13-29-26(33)22(7-2)30(16-18-9-10-19(27)14-21(18)28)25(32)17-31(38(5,34)35)20-11-12-23(36-3)24(15-20)37-4/h9-12,14-15,22H,6-8,13,16-17H2,1-5H3,(H,29,33)/t22-/m1/s1. The van der Waals surface area contributed by atoms with Gasteiger partial charge >= 0.3 is 0 Å². The lowest BCUT2D eigenvalue weighted by Crippen LogP contribution is -2.52. The minimum Gasteiger partial charge on any atom is -0.493 e. The van der Waals surface area contributed by atoms with Crippen molar-refractivity contribution in [2.24, 2.45) is 0 Å². The van der Waals surface area contributed by atoms with E-state index in [1.807, 2.05) is 6.92 Å². The van der Waals surface area contributed by atoms with Crippen LogP contribution in [-0.4, -0.2) is 64.7 Å². The summed E-state index contributed by atoms with van der Waals surface area (Å²) in [6, 6.07) is 8.56. The van der Waals surface area contributed by atoms with Crippen molar-refractivity contribution in [3.05, 3.63) is 52.0 Å². The highest BCUT2D eigenvalue weighted by atomic mass is 35.5. The minimum atomic E-state index is -3.90. The number of amides is 2. The third-order valence-electron chi connectivity index (χ3n) is 5.91. The van der Waals surface area contributed by atoms with E-state index in [9.17, 15) is 18.0 Å². The van der Waals surface area contributed by atoms with Gasteiger partial charge in [0.1, 0.15) is 12.6 Å². The second-order valence-corrected chi connectivity index (χ2v) is 11.4. The predicted molar refractivity (Wildman–Crippen MR) is 151 cm³/mol. The van der Waals surface area contributed by atoms with Gasteiger partial charge in [0.05, 0.1) is 26.2 Å². The molecule has 0 aliphatic carbocycles. The van der Waals surface area contributed by atoms with Gasteiger partial charge in [0.2, 0.25) is 21.8 Å². The fourth-order valence-corrected chi connectivity index (χ4v) is 5.16. The first-order valence-corrected chi connectivity index (χ1v) is 14.8. The Morgan fingerprint density at radius 1 is 1.03 bits per heavy atom. The Bertz CT molecular complexity index is 1230. The molecule has 0 fully saturated rings. The zero-order valence-corrected chi connectivity index (χ0v) is 24.6. The van der Waals surface area contributed by atoms with Crippen LogP contribution in [0.1, 0.15) is 38.7 Å². The zero-order chi connectivity index (χ0) is 28.5. The number of halogens is 2. The normalized spacial score (nSPS) is 12.0. The van der Waals surface area contributed by atoms with Gasteiger partial charge in [-0.2, -0.15) is 0 Å². The molecule has 0 aromatic heterocycles. The molecule has 9 nitrogen and oxygen atoms in total. The first-order valence-electron chi connectivity index (χ1n) is 12.2. The Morgan fingerprint density at radius 3 is 2.26 bits per heavy atom. The summed E-state index contributed by atoms with van der Waals surface area (Å²) in [5.74, 6) is -0.187. The van der Waals surface area contributed by atoms with Crippen molar-refractivity contribution in [2.75, 3.05) is 37.9 Å². The van der Waals surface area contributed by atoms with Gasteiger partial charge in [0, 0.05) is 29.2 Å². The van der Waals surface area contributed by atoms with Gasteiger partial charge in [-0.3, -0.25) is 13.9 Å². The van der Waals surface area contributed by atoms with E-state index in [0.717, 1.165) is 23.4 Å². The lowest BCUT2D eigenvalue weighted by atomic mass is 10.1. The van der Waals surface area contributed by atoms with Crippen molar-refractivity contribution in [1.29, 1.82) is 0 Å². The van der Waals surface area contributed by atoms with Gasteiger partial charge in [0.25, 0.3) is 0 Å². The summed E-state index contributed by atoms with van der Waals surface area (Å²) in [7, 11) is -1.01. The molecule has 2 aromatic carbocycles. The summed E-state index contributed by atoms with van der Waals surface area (Å²) in [6.45, 7) is 3.71. The van der Waals surface area contributed by atoms with Crippen LogP contribution in [0, 0.1) is 0 Å². The van der Waals surface area contributed by atoms with E-state index >= 15 is 0 Å². The van der Waals surface area contributed by atoms with Crippen LogP contribution >= 0.6 is 23.2 Å². The van der Waals surface area contributed by atoms with Gasteiger partial charge in [0.15, 0.2) is 11.5 Å². The number of methoxy groups -OCH3 is 2. The number of benzene rings is 2. The molecule has 2 aromatic rings. The molecule has 0 unspecified atom stereocenters. The third-order valence-corrected chi connectivity index (χ3v) is 7.63. The second kappa shape index (κ2) is 14.5. The average molecular weight is 589 g/mol. The largest absolute Gasteiger partial charge is 0.493 e.